The van der Waals surface area contributed by atoms with Crippen LogP contribution in [0.2, 0.25) is 0 Å². The Kier molecular flexibility index (Phi) is 4.91. The van der Waals surface area contributed by atoms with E-state index in [9.17, 15) is 9.50 Å². The van der Waals surface area contributed by atoms with Crippen LogP contribution in [0.25, 0.3) is 0 Å². The van der Waals surface area contributed by atoms with E-state index in [0.717, 1.165) is 31.6 Å². The largest absolute Gasteiger partial charge is 0.396 e. The number of halogens is 1. The van der Waals surface area contributed by atoms with E-state index in [-0.39, 0.29) is 17.8 Å². The first-order chi connectivity index (χ1) is 9.13. The summed E-state index contributed by atoms with van der Waals surface area (Å²) in [5.41, 5.74) is 0.785. The predicted octanol–water partition coefficient (Wildman–Crippen LogP) is 2.05. The lowest BCUT2D eigenvalue weighted by atomic mass is 9.83. The second kappa shape index (κ2) is 6.46. The van der Waals surface area contributed by atoms with Gasteiger partial charge < -0.3 is 14.7 Å². The van der Waals surface area contributed by atoms with Crippen LogP contribution in [-0.2, 0) is 11.3 Å². The van der Waals surface area contributed by atoms with Crippen molar-refractivity contribution in [3.8, 4) is 0 Å². The van der Waals surface area contributed by atoms with Gasteiger partial charge in [0.2, 0.25) is 0 Å². The van der Waals surface area contributed by atoms with E-state index in [0.29, 0.717) is 13.2 Å². The van der Waals surface area contributed by atoms with E-state index in [2.05, 4.69) is 4.90 Å². The van der Waals surface area contributed by atoms with Gasteiger partial charge >= 0.3 is 0 Å². The van der Waals surface area contributed by atoms with Crippen LogP contribution in [-0.4, -0.2) is 43.4 Å². The first kappa shape index (κ1) is 14.4. The van der Waals surface area contributed by atoms with Crippen molar-refractivity contribution >= 4 is 0 Å². The highest BCUT2D eigenvalue weighted by molar-refractivity contribution is 5.16. The van der Waals surface area contributed by atoms with E-state index < -0.39 is 0 Å². The molecule has 19 heavy (non-hydrogen) atoms. The summed E-state index contributed by atoms with van der Waals surface area (Å²) in [6, 6.07) is 6.65. The standard InChI is InChI=1S/C15H22FNO2/c1-17(9-13-4-2-5-14(16)8-13)10-15(11-18)6-3-7-19-12-15/h2,4-5,8,18H,3,6-7,9-12H2,1H3. The van der Waals surface area contributed by atoms with Crippen LogP contribution in [0, 0.1) is 11.2 Å². The third kappa shape index (κ3) is 4.00. The van der Waals surface area contributed by atoms with Crippen molar-refractivity contribution in [2.24, 2.45) is 5.41 Å². The second-order valence-electron chi connectivity index (χ2n) is 5.62. The molecule has 1 aromatic rings. The van der Waals surface area contributed by atoms with Crippen LogP contribution < -0.4 is 0 Å². The lowest BCUT2D eigenvalue weighted by Crippen LogP contribution is -2.44. The van der Waals surface area contributed by atoms with Gasteiger partial charge in [0.1, 0.15) is 5.82 Å². The summed E-state index contributed by atoms with van der Waals surface area (Å²) in [7, 11) is 2.00. The summed E-state index contributed by atoms with van der Waals surface area (Å²) in [5.74, 6) is -0.205. The minimum atomic E-state index is -0.205. The Balaban J connectivity index is 1.94. The lowest BCUT2D eigenvalue weighted by molar-refractivity contribution is -0.0531. The van der Waals surface area contributed by atoms with Crippen LogP contribution in [0.3, 0.4) is 0 Å². The molecule has 1 atom stereocenters. The maximum Gasteiger partial charge on any atom is 0.123 e. The van der Waals surface area contributed by atoms with E-state index in [4.69, 9.17) is 4.74 Å². The summed E-state index contributed by atoms with van der Waals surface area (Å²) in [6.45, 7) is 2.98. The number of benzene rings is 1. The summed E-state index contributed by atoms with van der Waals surface area (Å²) in [6.07, 6.45) is 1.98. The summed E-state index contributed by atoms with van der Waals surface area (Å²) < 4.78 is 18.6. The average Bonchev–Trinajstić information content (AvgIpc) is 2.39. The van der Waals surface area contributed by atoms with E-state index >= 15 is 0 Å². The van der Waals surface area contributed by atoms with Crippen molar-refractivity contribution in [1.82, 2.24) is 4.90 Å². The first-order valence-corrected chi connectivity index (χ1v) is 6.75. The molecule has 4 heteroatoms. The molecule has 0 spiro atoms. The van der Waals surface area contributed by atoms with Gasteiger partial charge in [-0.1, -0.05) is 12.1 Å². The zero-order valence-corrected chi connectivity index (χ0v) is 11.4. The Labute approximate surface area is 114 Å². The molecule has 2 rings (SSSR count). The molecule has 1 aliphatic rings. The van der Waals surface area contributed by atoms with Crippen molar-refractivity contribution < 1.29 is 14.2 Å². The summed E-state index contributed by atoms with van der Waals surface area (Å²) >= 11 is 0. The summed E-state index contributed by atoms with van der Waals surface area (Å²) in [4.78, 5) is 2.12. The number of hydrogen-bond acceptors (Lipinski definition) is 3. The number of aliphatic hydroxyl groups is 1. The van der Waals surface area contributed by atoms with Crippen molar-refractivity contribution in [2.75, 3.05) is 33.4 Å². The Bertz CT molecular complexity index is 405. The van der Waals surface area contributed by atoms with Gasteiger partial charge in [-0.25, -0.2) is 4.39 Å². The minimum Gasteiger partial charge on any atom is -0.396 e. The number of hydrogen-bond donors (Lipinski definition) is 1. The second-order valence-corrected chi connectivity index (χ2v) is 5.62. The van der Waals surface area contributed by atoms with Crippen LogP contribution in [0.5, 0.6) is 0 Å². The monoisotopic (exact) mass is 267 g/mol. The molecule has 1 N–H and O–H groups in total. The molecule has 1 fully saturated rings. The van der Waals surface area contributed by atoms with Gasteiger partial charge in [0.05, 0.1) is 13.2 Å². The molecule has 106 valence electrons. The van der Waals surface area contributed by atoms with Gasteiger partial charge in [-0.05, 0) is 37.6 Å². The minimum absolute atomic E-state index is 0.139. The first-order valence-electron chi connectivity index (χ1n) is 6.75. The van der Waals surface area contributed by atoms with Crippen molar-refractivity contribution in [3.63, 3.8) is 0 Å². The molecule has 0 saturated carbocycles. The van der Waals surface area contributed by atoms with Crippen LogP contribution in [0.4, 0.5) is 4.39 Å². The van der Waals surface area contributed by atoms with E-state index in [1.807, 2.05) is 13.1 Å². The van der Waals surface area contributed by atoms with Gasteiger partial charge in [-0.15, -0.1) is 0 Å². The molecule has 0 radical (unpaired) electrons. The number of ether oxygens (including phenoxy) is 1. The number of nitrogens with zero attached hydrogens (tertiary/aromatic N) is 1. The third-order valence-electron chi connectivity index (χ3n) is 3.69. The van der Waals surface area contributed by atoms with Crippen LogP contribution in [0.1, 0.15) is 18.4 Å². The molecule has 3 nitrogen and oxygen atoms in total. The average molecular weight is 267 g/mol. The fourth-order valence-corrected chi connectivity index (χ4v) is 2.78. The van der Waals surface area contributed by atoms with Crippen LogP contribution in [0.15, 0.2) is 24.3 Å². The zero-order chi connectivity index (χ0) is 13.7. The SMILES string of the molecule is CN(Cc1cccc(F)c1)CC1(CO)CCCOC1. The van der Waals surface area contributed by atoms with Gasteiger partial charge in [-0.3, -0.25) is 0 Å². The Morgan fingerprint density at radius 3 is 2.95 bits per heavy atom. The highest BCUT2D eigenvalue weighted by Gasteiger charge is 2.33. The fourth-order valence-electron chi connectivity index (χ4n) is 2.78. The molecular weight excluding hydrogens is 245 g/mol. The van der Waals surface area contributed by atoms with Crippen molar-refractivity contribution in [2.45, 2.75) is 19.4 Å². The molecule has 1 aromatic carbocycles. The molecule has 1 unspecified atom stereocenters. The van der Waals surface area contributed by atoms with Crippen molar-refractivity contribution in [3.05, 3.63) is 35.6 Å². The van der Waals surface area contributed by atoms with Crippen molar-refractivity contribution in [1.29, 1.82) is 0 Å². The normalized spacial score (nSPS) is 23.8. The zero-order valence-electron chi connectivity index (χ0n) is 11.4. The molecule has 0 aromatic heterocycles. The van der Waals surface area contributed by atoms with Gasteiger partial charge in [-0.2, -0.15) is 0 Å². The number of rotatable bonds is 5. The molecule has 1 heterocycles. The molecular formula is C15H22FNO2. The van der Waals surface area contributed by atoms with E-state index in [1.165, 1.54) is 6.07 Å². The topological polar surface area (TPSA) is 32.7 Å². The Morgan fingerprint density at radius 1 is 1.47 bits per heavy atom. The molecule has 0 amide bonds. The van der Waals surface area contributed by atoms with Gasteiger partial charge in [0, 0.05) is 25.1 Å². The fraction of sp³-hybridized carbons (Fsp3) is 0.600. The Morgan fingerprint density at radius 2 is 2.32 bits per heavy atom. The van der Waals surface area contributed by atoms with Gasteiger partial charge in [0.25, 0.3) is 0 Å². The highest BCUT2D eigenvalue weighted by atomic mass is 19.1. The van der Waals surface area contributed by atoms with Gasteiger partial charge in [0.15, 0.2) is 0 Å². The number of aliphatic hydroxyl groups excluding tert-OH is 1. The molecule has 1 saturated heterocycles. The quantitative estimate of drug-likeness (QED) is 0.886. The summed E-state index contributed by atoms with van der Waals surface area (Å²) in [5, 5.41) is 9.63. The maximum absolute atomic E-state index is 13.1. The predicted molar refractivity (Wildman–Crippen MR) is 72.3 cm³/mol. The Hall–Kier alpha value is -0.970. The molecule has 0 aliphatic carbocycles. The lowest BCUT2D eigenvalue weighted by Gasteiger charge is -2.38. The molecule has 1 aliphatic heterocycles. The molecule has 0 bridgehead atoms. The smallest absolute Gasteiger partial charge is 0.123 e. The third-order valence-corrected chi connectivity index (χ3v) is 3.69. The highest BCUT2D eigenvalue weighted by Crippen LogP contribution is 2.29. The van der Waals surface area contributed by atoms with E-state index in [1.54, 1.807) is 12.1 Å². The van der Waals surface area contributed by atoms with Crippen LogP contribution >= 0.6 is 0 Å². The maximum atomic E-state index is 13.1.